The predicted molar refractivity (Wildman–Crippen MR) is 124 cm³/mol. The molecule has 176 valence electrons. The van der Waals surface area contributed by atoms with E-state index in [1.54, 1.807) is 24.3 Å². The van der Waals surface area contributed by atoms with E-state index in [0.717, 1.165) is 29.1 Å². The van der Waals surface area contributed by atoms with Crippen molar-refractivity contribution < 1.29 is 13.6 Å². The van der Waals surface area contributed by atoms with Crippen molar-refractivity contribution in [2.75, 3.05) is 31.1 Å². The van der Waals surface area contributed by atoms with E-state index in [0.29, 0.717) is 35.7 Å². The third kappa shape index (κ3) is 4.03. The van der Waals surface area contributed by atoms with Crippen molar-refractivity contribution in [3.63, 3.8) is 0 Å². The quantitative estimate of drug-likeness (QED) is 0.609. The molecule has 11 heteroatoms. The summed E-state index contributed by atoms with van der Waals surface area (Å²) in [6.45, 7) is 0.0757. The Morgan fingerprint density at radius 2 is 2.09 bits per heavy atom. The van der Waals surface area contributed by atoms with Crippen LogP contribution in [0.3, 0.4) is 0 Å². The molecule has 2 aliphatic heterocycles. The number of likely N-dealkylation sites (tertiary alicyclic amines) is 1. The molecule has 0 bridgehead atoms. The van der Waals surface area contributed by atoms with Crippen LogP contribution in [0.5, 0.6) is 0 Å². The molecule has 2 aliphatic rings. The Labute approximate surface area is 197 Å². The summed E-state index contributed by atoms with van der Waals surface area (Å²) >= 11 is 0.960. The van der Waals surface area contributed by atoms with Crippen LogP contribution in [0.2, 0.25) is 0 Å². The molecule has 3 aromatic rings. The number of nitrogens with two attached hydrogens (primary N) is 1. The Morgan fingerprint density at radius 1 is 1.32 bits per heavy atom. The van der Waals surface area contributed by atoms with Gasteiger partial charge >= 0.3 is 0 Å². The van der Waals surface area contributed by atoms with E-state index in [4.69, 9.17) is 10.7 Å². The number of nitriles is 1. The number of halogens is 2. The van der Waals surface area contributed by atoms with Crippen LogP contribution in [-0.2, 0) is 6.54 Å². The van der Waals surface area contributed by atoms with Crippen molar-refractivity contribution in [3.05, 3.63) is 56.7 Å². The smallest absolute Gasteiger partial charge is 0.282 e. The first-order valence-electron chi connectivity index (χ1n) is 11.0. The van der Waals surface area contributed by atoms with E-state index in [1.807, 2.05) is 4.90 Å². The lowest BCUT2D eigenvalue weighted by molar-refractivity contribution is -0.112. The highest BCUT2D eigenvalue weighted by Gasteiger charge is 2.46. The summed E-state index contributed by atoms with van der Waals surface area (Å²) in [5, 5.41) is 9.50. The van der Waals surface area contributed by atoms with Gasteiger partial charge in [-0.05, 0) is 30.5 Å². The molecule has 1 aromatic carbocycles. The maximum absolute atomic E-state index is 13.6. The Hall–Kier alpha value is -3.36. The van der Waals surface area contributed by atoms with Gasteiger partial charge in [-0.1, -0.05) is 18.2 Å². The predicted octanol–water partition coefficient (Wildman–Crippen LogP) is 2.40. The maximum Gasteiger partial charge on any atom is 0.282 e. The fourth-order valence-corrected chi connectivity index (χ4v) is 5.44. The number of benzene rings is 1. The monoisotopic (exact) mass is 484 g/mol. The zero-order chi connectivity index (χ0) is 24.0. The molecule has 2 N–H and O–H groups in total. The third-order valence-corrected chi connectivity index (χ3v) is 7.26. The van der Waals surface area contributed by atoms with Crippen LogP contribution >= 0.6 is 11.3 Å². The van der Waals surface area contributed by atoms with Crippen molar-refractivity contribution in [3.8, 4) is 6.07 Å². The Balaban J connectivity index is 1.60. The normalized spacial score (nSPS) is 19.6. The first-order chi connectivity index (χ1) is 16.3. The molecule has 0 unspecified atom stereocenters. The number of alkyl halides is 2. The van der Waals surface area contributed by atoms with Gasteiger partial charge in [-0.25, -0.2) is 13.8 Å². The van der Waals surface area contributed by atoms with E-state index >= 15 is 0 Å². The standard InChI is InChI=1S/C23H22F2N6O2S/c24-23(25)12-30(13-23)20(32)18-8-17-19(34-18)21(33)31(10-15-5-2-1-4-14(15)9-26)22(28-17)29-7-3-6-16(27)11-29/h1-2,4-5,8,16H,3,6-7,10-13,27H2/t16-/m1/s1. The van der Waals surface area contributed by atoms with Gasteiger partial charge in [-0.15, -0.1) is 11.3 Å². The van der Waals surface area contributed by atoms with E-state index in [-0.39, 0.29) is 27.7 Å². The van der Waals surface area contributed by atoms with Crippen LogP contribution in [0, 0.1) is 11.3 Å². The minimum Gasteiger partial charge on any atom is -0.341 e. The molecule has 2 aromatic heterocycles. The van der Waals surface area contributed by atoms with E-state index < -0.39 is 24.9 Å². The summed E-state index contributed by atoms with van der Waals surface area (Å²) < 4.78 is 28.3. The number of thiophene rings is 1. The number of fused-ring (bicyclic) bond motifs is 1. The second kappa shape index (κ2) is 8.45. The number of rotatable bonds is 4. The van der Waals surface area contributed by atoms with Crippen molar-refractivity contribution in [1.29, 1.82) is 5.26 Å². The van der Waals surface area contributed by atoms with Crippen molar-refractivity contribution in [2.45, 2.75) is 31.4 Å². The molecule has 2 saturated heterocycles. The van der Waals surface area contributed by atoms with Gasteiger partial charge < -0.3 is 15.5 Å². The van der Waals surface area contributed by atoms with Crippen LogP contribution in [-0.4, -0.2) is 58.5 Å². The van der Waals surface area contributed by atoms with Gasteiger partial charge in [0.15, 0.2) is 0 Å². The topological polar surface area (TPSA) is 108 Å². The molecule has 1 amide bonds. The summed E-state index contributed by atoms with van der Waals surface area (Å²) in [4.78, 5) is 34.3. The van der Waals surface area contributed by atoms with Gasteiger partial charge in [0.05, 0.1) is 41.7 Å². The van der Waals surface area contributed by atoms with Gasteiger partial charge in [0.25, 0.3) is 17.4 Å². The Morgan fingerprint density at radius 3 is 2.79 bits per heavy atom. The van der Waals surface area contributed by atoms with E-state index in [2.05, 4.69) is 6.07 Å². The van der Waals surface area contributed by atoms with Crippen LogP contribution in [0.4, 0.5) is 14.7 Å². The maximum atomic E-state index is 13.6. The van der Waals surface area contributed by atoms with Gasteiger partial charge in [0.2, 0.25) is 5.95 Å². The van der Waals surface area contributed by atoms with E-state index in [1.165, 1.54) is 10.6 Å². The number of aromatic nitrogens is 2. The molecule has 0 saturated carbocycles. The molecular formula is C23H22F2N6O2S. The molecule has 4 heterocycles. The van der Waals surface area contributed by atoms with Crippen molar-refractivity contribution >= 4 is 33.4 Å². The number of carbonyl (C=O) groups excluding carboxylic acids is 1. The van der Waals surface area contributed by atoms with Crippen molar-refractivity contribution in [1.82, 2.24) is 14.5 Å². The first-order valence-corrected chi connectivity index (χ1v) is 11.8. The number of carbonyl (C=O) groups is 1. The fraction of sp³-hybridized carbons (Fsp3) is 0.391. The zero-order valence-electron chi connectivity index (χ0n) is 18.2. The summed E-state index contributed by atoms with van der Waals surface area (Å²) in [7, 11) is 0. The number of hydrogen-bond donors (Lipinski definition) is 1. The third-order valence-electron chi connectivity index (χ3n) is 6.16. The molecule has 5 rings (SSSR count). The molecule has 0 aliphatic carbocycles. The highest BCUT2D eigenvalue weighted by Crippen LogP contribution is 2.31. The number of amides is 1. The molecule has 2 fully saturated rings. The van der Waals surface area contributed by atoms with Gasteiger partial charge in [-0.2, -0.15) is 5.26 Å². The van der Waals surface area contributed by atoms with Gasteiger partial charge in [0.1, 0.15) is 4.70 Å². The second-order valence-corrected chi connectivity index (χ2v) is 9.81. The lowest BCUT2D eigenvalue weighted by Gasteiger charge is -2.38. The largest absolute Gasteiger partial charge is 0.341 e. The highest BCUT2D eigenvalue weighted by molar-refractivity contribution is 7.20. The minimum absolute atomic E-state index is 0.0612. The fourth-order valence-electron chi connectivity index (χ4n) is 4.43. The van der Waals surface area contributed by atoms with Crippen LogP contribution in [0.1, 0.15) is 33.6 Å². The Bertz CT molecular complexity index is 1370. The number of hydrogen-bond acceptors (Lipinski definition) is 7. The van der Waals surface area contributed by atoms with Gasteiger partial charge in [-0.3, -0.25) is 14.2 Å². The minimum atomic E-state index is -2.87. The SMILES string of the molecule is N#Cc1ccccc1Cn1c(N2CCC[C@@H](N)C2)nc2cc(C(=O)N3CC(F)(F)C3)sc2c1=O. The lowest BCUT2D eigenvalue weighted by Crippen LogP contribution is -2.58. The summed E-state index contributed by atoms with van der Waals surface area (Å²) in [5.41, 5.74) is 7.31. The molecule has 0 spiro atoms. The van der Waals surface area contributed by atoms with Crippen LogP contribution in [0.25, 0.3) is 10.2 Å². The summed E-state index contributed by atoms with van der Waals surface area (Å²) in [5.74, 6) is -2.98. The lowest BCUT2D eigenvalue weighted by atomic mass is 10.1. The molecule has 8 nitrogen and oxygen atoms in total. The molecule has 0 radical (unpaired) electrons. The molecule has 1 atom stereocenters. The molecular weight excluding hydrogens is 462 g/mol. The average Bonchev–Trinajstić information content (AvgIpc) is 3.23. The zero-order valence-corrected chi connectivity index (χ0v) is 19.0. The van der Waals surface area contributed by atoms with Gasteiger partial charge in [0, 0.05) is 19.1 Å². The first kappa shape index (κ1) is 22.4. The number of anilines is 1. The number of piperidine rings is 1. The van der Waals surface area contributed by atoms with Crippen LogP contribution in [0.15, 0.2) is 35.1 Å². The average molecular weight is 485 g/mol. The molecule has 34 heavy (non-hydrogen) atoms. The van der Waals surface area contributed by atoms with Crippen molar-refractivity contribution in [2.24, 2.45) is 5.73 Å². The number of nitrogens with zero attached hydrogens (tertiary/aromatic N) is 5. The summed E-state index contributed by atoms with van der Waals surface area (Å²) in [6, 6.07) is 10.6. The van der Waals surface area contributed by atoms with E-state index in [9.17, 15) is 23.6 Å². The summed E-state index contributed by atoms with van der Waals surface area (Å²) in [6.07, 6.45) is 1.72. The Kier molecular flexibility index (Phi) is 5.58. The van der Waals surface area contributed by atoms with Crippen LogP contribution < -0.4 is 16.2 Å². The highest BCUT2D eigenvalue weighted by atomic mass is 32.1. The second-order valence-electron chi connectivity index (χ2n) is 8.76.